The average molecular weight is 379 g/mol. The second kappa shape index (κ2) is 7.45. The van der Waals surface area contributed by atoms with E-state index in [2.05, 4.69) is 10.6 Å². The zero-order valence-corrected chi connectivity index (χ0v) is 15.0. The molecule has 1 heterocycles. The molecule has 0 saturated carbocycles. The van der Waals surface area contributed by atoms with Crippen LogP contribution in [-0.4, -0.2) is 59.4 Å². The number of hydrogen-bond acceptors (Lipinski definition) is 6. The Kier molecular flexibility index (Phi) is 5.79. The van der Waals surface area contributed by atoms with Crippen molar-refractivity contribution in [1.82, 2.24) is 5.32 Å². The molecule has 134 valence electrons. The number of urea groups is 1. The normalized spacial score (nSPS) is 22.0. The molecule has 10 heteroatoms. The molecule has 2 amide bonds. The number of ether oxygens (including phenoxy) is 3. The Morgan fingerprint density at radius 2 is 1.92 bits per heavy atom. The van der Waals surface area contributed by atoms with E-state index in [1.54, 1.807) is 6.07 Å². The van der Waals surface area contributed by atoms with Gasteiger partial charge < -0.3 is 24.8 Å². The molecule has 2 unspecified atom stereocenters. The zero-order valence-electron chi connectivity index (χ0n) is 13.5. The Hall–Kier alpha value is -1.71. The van der Waals surface area contributed by atoms with Crippen molar-refractivity contribution < 1.29 is 27.4 Å². The summed E-state index contributed by atoms with van der Waals surface area (Å²) < 4.78 is 38.7. The van der Waals surface area contributed by atoms with Gasteiger partial charge in [-0.15, -0.1) is 0 Å². The van der Waals surface area contributed by atoms with Crippen LogP contribution in [0.3, 0.4) is 0 Å². The maximum Gasteiger partial charge on any atom is 0.319 e. The van der Waals surface area contributed by atoms with Crippen LogP contribution in [0.25, 0.3) is 0 Å². The van der Waals surface area contributed by atoms with Gasteiger partial charge in [-0.25, -0.2) is 13.2 Å². The van der Waals surface area contributed by atoms with Crippen molar-refractivity contribution in [2.24, 2.45) is 0 Å². The highest BCUT2D eigenvalue weighted by Gasteiger charge is 2.38. The topological polar surface area (TPSA) is 103 Å². The fraction of sp³-hybridized carbons (Fsp3) is 0.500. The summed E-state index contributed by atoms with van der Waals surface area (Å²) in [7, 11) is 1.08. The van der Waals surface area contributed by atoms with E-state index in [1.807, 2.05) is 0 Å². The molecule has 0 spiro atoms. The van der Waals surface area contributed by atoms with E-state index < -0.39 is 28.0 Å². The number of carbonyl (C=O) groups is 1. The van der Waals surface area contributed by atoms with Crippen molar-refractivity contribution in [3.63, 3.8) is 0 Å². The minimum absolute atomic E-state index is 0.114. The Balaban J connectivity index is 2.09. The molecule has 1 saturated heterocycles. The molecule has 24 heavy (non-hydrogen) atoms. The first kappa shape index (κ1) is 18.6. The lowest BCUT2D eigenvalue weighted by molar-refractivity contribution is 0.102. The highest BCUT2D eigenvalue weighted by molar-refractivity contribution is 7.91. The van der Waals surface area contributed by atoms with Crippen molar-refractivity contribution in [3.8, 4) is 11.5 Å². The maximum atomic E-state index is 12.1. The van der Waals surface area contributed by atoms with E-state index in [1.165, 1.54) is 27.4 Å². The third kappa shape index (κ3) is 4.22. The average Bonchev–Trinajstić information content (AvgIpc) is 2.80. The first-order valence-electron chi connectivity index (χ1n) is 7.02. The molecular formula is C14H19ClN2O6S. The summed E-state index contributed by atoms with van der Waals surface area (Å²) in [6.45, 7) is 0. The van der Waals surface area contributed by atoms with Gasteiger partial charge in [-0.1, -0.05) is 11.6 Å². The molecule has 2 rings (SSSR count). The highest BCUT2D eigenvalue weighted by Crippen LogP contribution is 2.37. The number of sulfone groups is 1. The van der Waals surface area contributed by atoms with Crippen LogP contribution >= 0.6 is 11.6 Å². The quantitative estimate of drug-likeness (QED) is 0.800. The predicted octanol–water partition coefficient (Wildman–Crippen LogP) is 1.29. The van der Waals surface area contributed by atoms with Gasteiger partial charge in [0.15, 0.2) is 21.3 Å². The second-order valence-electron chi connectivity index (χ2n) is 5.25. The summed E-state index contributed by atoms with van der Waals surface area (Å²) >= 11 is 6.07. The molecule has 8 nitrogen and oxygen atoms in total. The van der Waals surface area contributed by atoms with Crippen LogP contribution in [0.15, 0.2) is 12.1 Å². The van der Waals surface area contributed by atoms with Crippen molar-refractivity contribution in [2.75, 3.05) is 38.2 Å². The molecular weight excluding hydrogens is 360 g/mol. The lowest BCUT2D eigenvalue weighted by Crippen LogP contribution is -2.45. The van der Waals surface area contributed by atoms with Crippen LogP contribution in [0.5, 0.6) is 11.5 Å². The van der Waals surface area contributed by atoms with Crippen LogP contribution in [0.1, 0.15) is 0 Å². The SMILES string of the molecule is COc1cc(NC(=O)NC2CS(=O)(=O)CC2OC)cc(Cl)c1OC. The van der Waals surface area contributed by atoms with Crippen molar-refractivity contribution >= 4 is 33.2 Å². The standard InChI is InChI=1S/C14H19ClN2O6S/c1-21-11-5-8(4-9(15)13(11)23-3)16-14(18)17-10-6-24(19,20)7-12(10)22-2/h4-5,10,12H,6-7H2,1-3H3,(H2,16,17,18). The van der Waals surface area contributed by atoms with Gasteiger partial charge in [-0.05, 0) is 6.07 Å². The molecule has 1 fully saturated rings. The first-order valence-corrected chi connectivity index (χ1v) is 9.22. The van der Waals surface area contributed by atoms with E-state index in [9.17, 15) is 13.2 Å². The molecule has 1 aliphatic rings. The van der Waals surface area contributed by atoms with Crippen LogP contribution < -0.4 is 20.1 Å². The molecule has 2 N–H and O–H groups in total. The number of amides is 2. The molecule has 0 radical (unpaired) electrons. The van der Waals surface area contributed by atoms with Gasteiger partial charge in [-0.3, -0.25) is 0 Å². The van der Waals surface area contributed by atoms with E-state index >= 15 is 0 Å². The van der Waals surface area contributed by atoms with E-state index in [0.29, 0.717) is 17.2 Å². The number of anilines is 1. The first-order chi connectivity index (χ1) is 11.3. The molecule has 1 aliphatic heterocycles. The summed E-state index contributed by atoms with van der Waals surface area (Å²) in [5.41, 5.74) is 0.380. The van der Waals surface area contributed by atoms with Crippen LogP contribution in [0.4, 0.5) is 10.5 Å². The molecule has 1 aromatic rings. The lowest BCUT2D eigenvalue weighted by atomic mass is 10.2. The van der Waals surface area contributed by atoms with Gasteiger partial charge in [-0.2, -0.15) is 0 Å². The smallest absolute Gasteiger partial charge is 0.319 e. The van der Waals surface area contributed by atoms with E-state index in [-0.39, 0.29) is 16.5 Å². The van der Waals surface area contributed by atoms with Gasteiger partial charge in [0.2, 0.25) is 0 Å². The number of methoxy groups -OCH3 is 3. The predicted molar refractivity (Wildman–Crippen MR) is 89.9 cm³/mol. The fourth-order valence-corrected chi connectivity index (χ4v) is 4.65. The van der Waals surface area contributed by atoms with Crippen LogP contribution in [-0.2, 0) is 14.6 Å². The van der Waals surface area contributed by atoms with Crippen molar-refractivity contribution in [2.45, 2.75) is 12.1 Å². The minimum atomic E-state index is -3.23. The third-order valence-corrected chi connectivity index (χ3v) is 5.60. The number of carbonyl (C=O) groups excluding carboxylic acids is 1. The Bertz CT molecular complexity index is 724. The summed E-state index contributed by atoms with van der Waals surface area (Å²) in [6, 6.07) is 1.86. The third-order valence-electron chi connectivity index (χ3n) is 3.61. The highest BCUT2D eigenvalue weighted by atomic mass is 35.5. The number of nitrogens with one attached hydrogen (secondary N) is 2. The largest absolute Gasteiger partial charge is 0.493 e. The number of rotatable bonds is 5. The van der Waals surface area contributed by atoms with E-state index in [4.69, 9.17) is 25.8 Å². The summed E-state index contributed by atoms with van der Waals surface area (Å²) in [6.07, 6.45) is -0.574. The van der Waals surface area contributed by atoms with Gasteiger partial charge in [0, 0.05) is 18.9 Å². The Morgan fingerprint density at radius 3 is 2.50 bits per heavy atom. The summed E-state index contributed by atoms with van der Waals surface area (Å²) in [5, 5.41) is 5.46. The van der Waals surface area contributed by atoms with Gasteiger partial charge >= 0.3 is 6.03 Å². The molecule has 0 aliphatic carbocycles. The van der Waals surface area contributed by atoms with Gasteiger partial charge in [0.1, 0.15) is 0 Å². The van der Waals surface area contributed by atoms with Gasteiger partial charge in [0.05, 0.1) is 42.9 Å². The Morgan fingerprint density at radius 1 is 1.21 bits per heavy atom. The summed E-state index contributed by atoms with van der Waals surface area (Å²) in [4.78, 5) is 12.1. The zero-order chi connectivity index (χ0) is 17.9. The number of benzene rings is 1. The van der Waals surface area contributed by atoms with Gasteiger partial charge in [0.25, 0.3) is 0 Å². The summed E-state index contributed by atoms with van der Waals surface area (Å²) in [5.74, 6) is 0.437. The van der Waals surface area contributed by atoms with Crippen LogP contribution in [0, 0.1) is 0 Å². The Labute approximate surface area is 145 Å². The number of halogens is 1. The molecule has 1 aromatic carbocycles. The second-order valence-corrected chi connectivity index (χ2v) is 7.81. The molecule has 2 atom stereocenters. The number of hydrogen-bond donors (Lipinski definition) is 2. The monoisotopic (exact) mass is 378 g/mol. The fourth-order valence-electron chi connectivity index (χ4n) is 2.51. The van der Waals surface area contributed by atoms with Crippen molar-refractivity contribution in [1.29, 1.82) is 0 Å². The van der Waals surface area contributed by atoms with Crippen LogP contribution in [0.2, 0.25) is 5.02 Å². The molecule has 0 aromatic heterocycles. The van der Waals surface area contributed by atoms with E-state index in [0.717, 1.165) is 0 Å². The van der Waals surface area contributed by atoms with Crippen molar-refractivity contribution in [3.05, 3.63) is 17.2 Å². The lowest BCUT2D eigenvalue weighted by Gasteiger charge is -2.19. The minimum Gasteiger partial charge on any atom is -0.493 e. The molecule has 0 bridgehead atoms. The maximum absolute atomic E-state index is 12.1.